The first-order valence-corrected chi connectivity index (χ1v) is 4.13. The van der Waals surface area contributed by atoms with Gasteiger partial charge in [0.05, 0.1) is 0 Å². The first kappa shape index (κ1) is 13.1. The van der Waals surface area contributed by atoms with Crippen LogP contribution in [0.5, 0.6) is 0 Å². The number of rotatable bonds is 7. The van der Waals surface area contributed by atoms with E-state index in [4.69, 9.17) is 0 Å². The standard InChI is InChI=1S/C10H18.H2O/c1-3-5-7-9-10-8-6-4-2;/h3-4H,1-2,5-10H2;1H2. The largest absolute Gasteiger partial charge is 0.412 e. The molecule has 1 nitrogen and oxygen atoms in total. The maximum atomic E-state index is 3.68. The molecule has 2 N–H and O–H groups in total. The first-order valence-electron chi connectivity index (χ1n) is 4.13. The quantitative estimate of drug-likeness (QED) is 0.401. The fourth-order valence-corrected chi connectivity index (χ4v) is 0.931. The number of unbranched alkanes of at least 4 members (excludes halogenated alkanes) is 5. The van der Waals surface area contributed by atoms with Crippen LogP contribution in [0.15, 0.2) is 25.3 Å². The SMILES string of the molecule is C=CCCCCCCC=C.O. The van der Waals surface area contributed by atoms with Gasteiger partial charge in [0.15, 0.2) is 0 Å². The van der Waals surface area contributed by atoms with Gasteiger partial charge in [0, 0.05) is 0 Å². The highest BCUT2D eigenvalue weighted by Crippen LogP contribution is 2.05. The van der Waals surface area contributed by atoms with Gasteiger partial charge in [0.1, 0.15) is 0 Å². The average molecular weight is 156 g/mol. The van der Waals surface area contributed by atoms with Crippen molar-refractivity contribution >= 4 is 0 Å². The molecule has 0 fully saturated rings. The second kappa shape index (κ2) is 12.1. The Hall–Kier alpha value is -0.560. The minimum absolute atomic E-state index is 0. The van der Waals surface area contributed by atoms with Crippen LogP contribution in [0.25, 0.3) is 0 Å². The summed E-state index contributed by atoms with van der Waals surface area (Å²) in [6, 6.07) is 0. The van der Waals surface area contributed by atoms with Crippen molar-refractivity contribution in [3.8, 4) is 0 Å². The minimum Gasteiger partial charge on any atom is -0.412 e. The van der Waals surface area contributed by atoms with Crippen molar-refractivity contribution in [1.82, 2.24) is 0 Å². The average Bonchev–Trinajstić information content (AvgIpc) is 1.97. The fraction of sp³-hybridized carbons (Fsp3) is 0.600. The maximum Gasteiger partial charge on any atom is -0.0353 e. The molecule has 0 heterocycles. The molecule has 0 aromatic heterocycles. The highest BCUT2D eigenvalue weighted by molar-refractivity contribution is 4.67. The summed E-state index contributed by atoms with van der Waals surface area (Å²) >= 11 is 0. The molecule has 0 radical (unpaired) electrons. The lowest BCUT2D eigenvalue weighted by molar-refractivity contribution is 0.653. The van der Waals surface area contributed by atoms with E-state index in [1.54, 1.807) is 0 Å². The van der Waals surface area contributed by atoms with Crippen LogP contribution in [0.3, 0.4) is 0 Å². The summed E-state index contributed by atoms with van der Waals surface area (Å²) in [6.07, 6.45) is 11.6. The van der Waals surface area contributed by atoms with Crippen molar-refractivity contribution in [2.45, 2.75) is 38.5 Å². The van der Waals surface area contributed by atoms with Crippen molar-refractivity contribution in [2.75, 3.05) is 0 Å². The normalized spacial score (nSPS) is 8.36. The van der Waals surface area contributed by atoms with Crippen LogP contribution in [-0.2, 0) is 0 Å². The Kier molecular flexibility index (Phi) is 14.4. The molecule has 0 aliphatic rings. The molecule has 0 rings (SSSR count). The summed E-state index contributed by atoms with van der Waals surface area (Å²) in [6.45, 7) is 7.36. The van der Waals surface area contributed by atoms with Crippen molar-refractivity contribution in [2.24, 2.45) is 0 Å². The van der Waals surface area contributed by atoms with Crippen molar-refractivity contribution in [3.63, 3.8) is 0 Å². The summed E-state index contributed by atoms with van der Waals surface area (Å²) in [5.41, 5.74) is 0. The summed E-state index contributed by atoms with van der Waals surface area (Å²) < 4.78 is 0. The molecule has 0 atom stereocenters. The molecule has 0 saturated heterocycles. The van der Waals surface area contributed by atoms with Gasteiger partial charge in [-0.15, -0.1) is 13.2 Å². The molecular formula is C10H20O. The molecule has 0 saturated carbocycles. The summed E-state index contributed by atoms with van der Waals surface area (Å²) in [5, 5.41) is 0. The van der Waals surface area contributed by atoms with Gasteiger partial charge in [-0.1, -0.05) is 25.0 Å². The highest BCUT2D eigenvalue weighted by Gasteiger charge is 1.85. The van der Waals surface area contributed by atoms with Crippen molar-refractivity contribution < 1.29 is 5.48 Å². The Morgan fingerprint density at radius 2 is 1.09 bits per heavy atom. The van der Waals surface area contributed by atoms with Gasteiger partial charge in [0.2, 0.25) is 0 Å². The van der Waals surface area contributed by atoms with Crippen LogP contribution in [0, 0.1) is 0 Å². The molecule has 0 unspecified atom stereocenters. The van der Waals surface area contributed by atoms with Crippen molar-refractivity contribution in [1.29, 1.82) is 0 Å². The van der Waals surface area contributed by atoms with Gasteiger partial charge >= 0.3 is 0 Å². The van der Waals surface area contributed by atoms with E-state index in [2.05, 4.69) is 13.2 Å². The molecule has 0 amide bonds. The molecule has 11 heavy (non-hydrogen) atoms. The smallest absolute Gasteiger partial charge is 0.0353 e. The zero-order chi connectivity index (χ0) is 7.66. The highest BCUT2D eigenvalue weighted by atomic mass is 16.0. The third-order valence-electron chi connectivity index (χ3n) is 1.57. The van der Waals surface area contributed by atoms with Crippen LogP contribution < -0.4 is 0 Å². The van der Waals surface area contributed by atoms with E-state index in [0.717, 1.165) is 0 Å². The Bertz CT molecular complexity index is 74.9. The minimum atomic E-state index is 0. The third-order valence-corrected chi connectivity index (χ3v) is 1.57. The van der Waals surface area contributed by atoms with Crippen LogP contribution in [0.2, 0.25) is 0 Å². The van der Waals surface area contributed by atoms with Gasteiger partial charge in [-0.2, -0.15) is 0 Å². The lowest BCUT2D eigenvalue weighted by atomic mass is 10.1. The fourth-order valence-electron chi connectivity index (χ4n) is 0.931. The Balaban J connectivity index is 0. The van der Waals surface area contributed by atoms with Gasteiger partial charge in [0.25, 0.3) is 0 Å². The van der Waals surface area contributed by atoms with Gasteiger partial charge in [-0.3, -0.25) is 0 Å². The Morgan fingerprint density at radius 3 is 1.36 bits per heavy atom. The van der Waals surface area contributed by atoms with E-state index in [9.17, 15) is 0 Å². The van der Waals surface area contributed by atoms with Crippen molar-refractivity contribution in [3.05, 3.63) is 25.3 Å². The van der Waals surface area contributed by atoms with E-state index in [1.807, 2.05) is 12.2 Å². The number of hydrogen-bond donors (Lipinski definition) is 0. The molecule has 0 bridgehead atoms. The monoisotopic (exact) mass is 156 g/mol. The van der Waals surface area contributed by atoms with Crippen LogP contribution >= 0.6 is 0 Å². The van der Waals surface area contributed by atoms with Crippen LogP contribution in [0.1, 0.15) is 38.5 Å². The van der Waals surface area contributed by atoms with E-state index < -0.39 is 0 Å². The van der Waals surface area contributed by atoms with Gasteiger partial charge < -0.3 is 5.48 Å². The summed E-state index contributed by atoms with van der Waals surface area (Å²) in [4.78, 5) is 0. The molecule has 0 spiro atoms. The van der Waals surface area contributed by atoms with E-state index >= 15 is 0 Å². The second-order valence-corrected chi connectivity index (χ2v) is 2.57. The zero-order valence-electron chi connectivity index (χ0n) is 7.31. The summed E-state index contributed by atoms with van der Waals surface area (Å²) in [5.74, 6) is 0. The maximum absolute atomic E-state index is 3.68. The first-order chi connectivity index (χ1) is 4.91. The van der Waals surface area contributed by atoms with Gasteiger partial charge in [-0.05, 0) is 25.7 Å². The zero-order valence-corrected chi connectivity index (χ0v) is 7.31. The molecule has 0 aliphatic heterocycles. The topological polar surface area (TPSA) is 31.5 Å². The third kappa shape index (κ3) is 12.6. The lowest BCUT2D eigenvalue weighted by Crippen LogP contribution is -1.75. The Morgan fingerprint density at radius 1 is 0.727 bits per heavy atom. The second-order valence-electron chi connectivity index (χ2n) is 2.57. The predicted octanol–water partition coefficient (Wildman–Crippen LogP) is 2.87. The van der Waals surface area contributed by atoms with E-state index in [-0.39, 0.29) is 5.48 Å². The Labute approximate surface area is 70.1 Å². The number of allylic oxidation sites excluding steroid dienone is 2. The van der Waals surface area contributed by atoms with E-state index in [0.29, 0.717) is 0 Å². The predicted molar refractivity (Wildman–Crippen MR) is 51.7 cm³/mol. The van der Waals surface area contributed by atoms with Crippen LogP contribution in [-0.4, -0.2) is 5.48 Å². The molecule has 0 aromatic carbocycles. The molecule has 1 heteroatoms. The van der Waals surface area contributed by atoms with Gasteiger partial charge in [-0.25, -0.2) is 0 Å². The molecule has 66 valence electrons. The summed E-state index contributed by atoms with van der Waals surface area (Å²) in [7, 11) is 0. The van der Waals surface area contributed by atoms with E-state index in [1.165, 1.54) is 38.5 Å². The molecule has 0 aromatic rings. The van der Waals surface area contributed by atoms with Crippen LogP contribution in [0.4, 0.5) is 0 Å². The molecular weight excluding hydrogens is 136 g/mol. The molecule has 0 aliphatic carbocycles. The number of hydrogen-bond acceptors (Lipinski definition) is 0. The lowest BCUT2D eigenvalue weighted by Gasteiger charge is -1.95.